The van der Waals surface area contributed by atoms with Crippen LogP contribution in [-0.4, -0.2) is 52.3 Å². The van der Waals surface area contributed by atoms with Crippen molar-refractivity contribution in [2.75, 3.05) is 19.1 Å². The predicted octanol–water partition coefficient (Wildman–Crippen LogP) is 5.20. The normalized spacial score (nSPS) is 28.5. The molecule has 11 heteroatoms. The quantitative estimate of drug-likeness (QED) is 0.280. The van der Waals surface area contributed by atoms with Gasteiger partial charge in [0, 0.05) is 23.0 Å². The number of phenols is 1. The molecule has 3 fully saturated rings. The molecule has 4 amide bonds. The molecule has 7 rings (SSSR count). The van der Waals surface area contributed by atoms with Gasteiger partial charge < -0.3 is 9.84 Å². The largest absolute Gasteiger partial charge is 0.508 e. The highest BCUT2D eigenvalue weighted by Gasteiger charge is 2.71. The Hall–Kier alpha value is -4.70. The van der Waals surface area contributed by atoms with Crippen LogP contribution in [0.15, 0.2) is 78.4 Å². The number of nitrogens with zero attached hydrogens (tertiary/aromatic N) is 2. The average Bonchev–Trinajstić information content (AvgIpc) is 3.43. The van der Waals surface area contributed by atoms with E-state index in [1.54, 1.807) is 43.3 Å². The number of ether oxygens (including phenoxy) is 1. The lowest BCUT2D eigenvalue weighted by Crippen LogP contribution is -2.53. The number of carbonyl (C=O) groups excluding carboxylic acids is 4. The van der Waals surface area contributed by atoms with Crippen molar-refractivity contribution in [3.8, 4) is 11.5 Å². The second-order valence-electron chi connectivity index (χ2n) is 12.2. The Morgan fingerprint density at radius 1 is 0.978 bits per heavy atom. The maximum atomic E-state index is 15.1. The van der Waals surface area contributed by atoms with Crippen molar-refractivity contribution in [2.24, 2.45) is 23.7 Å². The highest BCUT2D eigenvalue weighted by Crippen LogP contribution is 2.65. The molecule has 6 atom stereocenters. The molecule has 236 valence electrons. The van der Waals surface area contributed by atoms with Crippen LogP contribution in [0.5, 0.6) is 11.5 Å². The Morgan fingerprint density at radius 2 is 1.70 bits per heavy atom. The number of phenolic OH excluding ortho intramolecular Hbond substituents is 1. The lowest BCUT2D eigenvalue weighted by atomic mass is 9.49. The van der Waals surface area contributed by atoms with E-state index in [0.717, 1.165) is 5.01 Å². The molecule has 2 N–H and O–H groups in total. The van der Waals surface area contributed by atoms with Crippen LogP contribution in [0.4, 0.5) is 10.1 Å². The zero-order valence-electron chi connectivity index (χ0n) is 25.1. The second-order valence-corrected chi connectivity index (χ2v) is 12.6. The van der Waals surface area contributed by atoms with Gasteiger partial charge in [-0.15, -0.1) is 0 Å². The van der Waals surface area contributed by atoms with Gasteiger partial charge in [-0.1, -0.05) is 41.4 Å². The number of amides is 4. The Balaban J connectivity index is 1.50. The van der Waals surface area contributed by atoms with E-state index in [1.165, 1.54) is 42.3 Å². The third-order valence-corrected chi connectivity index (χ3v) is 10.5. The Kier molecular flexibility index (Phi) is 7.15. The van der Waals surface area contributed by atoms with Gasteiger partial charge in [-0.05, 0) is 79.8 Å². The summed E-state index contributed by atoms with van der Waals surface area (Å²) in [5.74, 6) is -5.88. The van der Waals surface area contributed by atoms with Crippen LogP contribution in [-0.2, 0) is 24.6 Å². The summed E-state index contributed by atoms with van der Waals surface area (Å²) in [4.78, 5) is 58.1. The number of fused-ring (bicyclic) bond motifs is 4. The lowest BCUT2D eigenvalue weighted by Gasteiger charge is -2.50. The molecule has 46 heavy (non-hydrogen) atoms. The molecule has 4 aliphatic rings. The number of allylic oxidation sites excluding steroid dienone is 2. The van der Waals surface area contributed by atoms with E-state index in [2.05, 4.69) is 5.43 Å². The molecule has 3 aromatic carbocycles. The highest BCUT2D eigenvalue weighted by atomic mass is 35.5. The number of imide groups is 2. The van der Waals surface area contributed by atoms with Gasteiger partial charge in [0.25, 0.3) is 11.8 Å². The van der Waals surface area contributed by atoms with E-state index < -0.39 is 52.6 Å². The number of methoxy groups -OCH3 is 1. The van der Waals surface area contributed by atoms with Crippen molar-refractivity contribution in [1.29, 1.82) is 0 Å². The van der Waals surface area contributed by atoms with Crippen LogP contribution in [0.3, 0.4) is 0 Å². The minimum atomic E-state index is -1.62. The van der Waals surface area contributed by atoms with Gasteiger partial charge in [-0.2, -0.15) is 5.01 Å². The molecule has 2 saturated heterocycles. The second kappa shape index (κ2) is 11.0. The molecular formula is C35H31ClFN3O6. The number of halogens is 2. The number of hydrogen-bond donors (Lipinski definition) is 2. The molecule has 0 spiro atoms. The summed E-state index contributed by atoms with van der Waals surface area (Å²) < 4.78 is 19.5. The van der Waals surface area contributed by atoms with E-state index in [1.807, 2.05) is 6.08 Å². The summed E-state index contributed by atoms with van der Waals surface area (Å²) in [5, 5.41) is 12.9. The first-order chi connectivity index (χ1) is 22.1. The molecule has 0 radical (unpaired) electrons. The number of rotatable bonds is 6. The zero-order valence-corrected chi connectivity index (χ0v) is 25.8. The van der Waals surface area contributed by atoms with Crippen LogP contribution < -0.4 is 10.2 Å². The fraction of sp³-hybridized carbons (Fsp3) is 0.314. The molecule has 0 unspecified atom stereocenters. The van der Waals surface area contributed by atoms with E-state index >= 15 is 4.79 Å². The molecule has 3 aromatic rings. The summed E-state index contributed by atoms with van der Waals surface area (Å²) >= 11 is 6.31. The number of nitrogens with one attached hydrogen (secondary N) is 1. The van der Waals surface area contributed by atoms with Crippen LogP contribution in [0.1, 0.15) is 36.8 Å². The van der Waals surface area contributed by atoms with Crippen LogP contribution in [0, 0.1) is 29.5 Å². The van der Waals surface area contributed by atoms with Gasteiger partial charge in [0.15, 0.2) is 0 Å². The summed E-state index contributed by atoms with van der Waals surface area (Å²) in [6.45, 7) is 1.98. The van der Waals surface area contributed by atoms with Crippen molar-refractivity contribution < 1.29 is 33.4 Å². The number of carbonyl (C=O) groups is 4. The smallest absolute Gasteiger partial charge is 0.260 e. The number of aromatic hydroxyl groups is 1. The fourth-order valence-corrected chi connectivity index (χ4v) is 8.47. The number of hydrogen-bond acceptors (Lipinski definition) is 7. The first kappa shape index (κ1) is 30.0. The van der Waals surface area contributed by atoms with Gasteiger partial charge >= 0.3 is 0 Å². The standard InChI is InChI=1S/C35H31ClFN3O6/c1-3-39-31(42)23-16-15-22-24(28(23)33(39)44)17-25-32(43)40(38-21-13-11-20(37)12-14-21)34(45)35(25,18-7-9-19(36)10-8-18)30(22)29-26(41)5-4-6-27(29)46-2/h4-15,23-25,28,30,38,41H,3,16-17H2,1-2H3/t23-,24+,25-,28-,30+,35+/m0/s1. The summed E-state index contributed by atoms with van der Waals surface area (Å²) in [6, 6.07) is 16.8. The van der Waals surface area contributed by atoms with Crippen LogP contribution >= 0.6 is 11.6 Å². The third-order valence-electron chi connectivity index (χ3n) is 10.2. The molecule has 2 heterocycles. The SMILES string of the molecule is CCN1C(=O)[C@H]2[C@H](CC=C3[C@H]2C[C@H]2C(=O)N(Nc4ccc(F)cc4)C(=O)[C@@]2(c2ccc(Cl)cc2)[C@H]3c2c(O)cccc2OC)C1=O. The fourth-order valence-electron chi connectivity index (χ4n) is 8.35. The molecule has 1 saturated carbocycles. The first-order valence-corrected chi connectivity index (χ1v) is 15.6. The van der Waals surface area contributed by atoms with Crippen LogP contribution in [0.25, 0.3) is 0 Å². The van der Waals surface area contributed by atoms with Crippen molar-refractivity contribution in [1.82, 2.24) is 9.91 Å². The number of anilines is 1. The van der Waals surface area contributed by atoms with E-state index in [0.29, 0.717) is 33.2 Å². The van der Waals surface area contributed by atoms with Gasteiger partial charge in [-0.3, -0.25) is 29.5 Å². The topological polar surface area (TPSA) is 116 Å². The Morgan fingerprint density at radius 3 is 2.37 bits per heavy atom. The van der Waals surface area contributed by atoms with Gasteiger partial charge in [-0.25, -0.2) is 4.39 Å². The number of hydrazine groups is 1. The minimum absolute atomic E-state index is 0.102. The number of likely N-dealkylation sites (tertiary alicyclic amines) is 1. The van der Waals surface area contributed by atoms with Crippen molar-refractivity contribution in [2.45, 2.75) is 31.1 Å². The Labute approximate surface area is 269 Å². The molecule has 2 aliphatic heterocycles. The van der Waals surface area contributed by atoms with Crippen molar-refractivity contribution >= 4 is 40.9 Å². The zero-order chi connectivity index (χ0) is 32.5. The van der Waals surface area contributed by atoms with Gasteiger partial charge in [0.1, 0.15) is 17.3 Å². The average molecular weight is 644 g/mol. The summed E-state index contributed by atoms with van der Waals surface area (Å²) in [7, 11) is 1.46. The van der Waals surface area contributed by atoms with Crippen LogP contribution in [0.2, 0.25) is 5.02 Å². The molecule has 9 nitrogen and oxygen atoms in total. The summed E-state index contributed by atoms with van der Waals surface area (Å²) in [6.07, 6.45) is 2.28. The minimum Gasteiger partial charge on any atom is -0.508 e. The van der Waals surface area contributed by atoms with E-state index in [4.69, 9.17) is 16.3 Å². The van der Waals surface area contributed by atoms with E-state index in [9.17, 15) is 23.9 Å². The molecular weight excluding hydrogens is 613 g/mol. The monoisotopic (exact) mass is 643 g/mol. The Bertz CT molecular complexity index is 1810. The molecule has 0 bridgehead atoms. The van der Waals surface area contributed by atoms with E-state index in [-0.39, 0.29) is 37.0 Å². The predicted molar refractivity (Wildman–Crippen MR) is 166 cm³/mol. The van der Waals surface area contributed by atoms with Crippen molar-refractivity contribution in [3.63, 3.8) is 0 Å². The van der Waals surface area contributed by atoms with Gasteiger partial charge in [0.2, 0.25) is 11.8 Å². The third kappa shape index (κ3) is 4.12. The maximum absolute atomic E-state index is 15.1. The van der Waals surface area contributed by atoms with Crippen molar-refractivity contribution in [3.05, 3.63) is 100 Å². The highest BCUT2D eigenvalue weighted by molar-refractivity contribution is 6.30. The molecule has 0 aromatic heterocycles. The first-order valence-electron chi connectivity index (χ1n) is 15.2. The lowest BCUT2D eigenvalue weighted by molar-refractivity contribution is -0.141. The molecule has 2 aliphatic carbocycles. The number of benzene rings is 3. The summed E-state index contributed by atoms with van der Waals surface area (Å²) in [5.41, 5.74) is 3.08. The van der Waals surface area contributed by atoms with Gasteiger partial charge in [0.05, 0.1) is 36.0 Å². The maximum Gasteiger partial charge on any atom is 0.260 e.